The summed E-state index contributed by atoms with van der Waals surface area (Å²) in [7, 11) is 1.75. The summed E-state index contributed by atoms with van der Waals surface area (Å²) in [6, 6.07) is 0. The molecule has 0 aromatic rings. The normalized spacial score (nSPS) is 19.8. The molecular formula is C7H13N3O2. The lowest BCUT2D eigenvalue weighted by atomic mass is 10.3. The van der Waals surface area contributed by atoms with Gasteiger partial charge < -0.3 is 10.6 Å². The fraction of sp³-hybridized carbons (Fsp3) is 0.714. The van der Waals surface area contributed by atoms with E-state index in [1.807, 2.05) is 0 Å². The van der Waals surface area contributed by atoms with Crippen LogP contribution in [-0.4, -0.2) is 54.8 Å². The molecule has 2 amide bonds. The smallest absolute Gasteiger partial charge is 0.236 e. The summed E-state index contributed by atoms with van der Waals surface area (Å²) in [5.74, 6) is -0.338. The first-order valence-electron chi connectivity index (χ1n) is 3.84. The average molecular weight is 171 g/mol. The maximum absolute atomic E-state index is 11.1. The second kappa shape index (κ2) is 3.53. The molecule has 0 bridgehead atoms. The monoisotopic (exact) mass is 171 g/mol. The van der Waals surface area contributed by atoms with Crippen molar-refractivity contribution in [2.75, 3.05) is 33.2 Å². The minimum Gasteiger partial charge on any atom is -0.369 e. The average Bonchev–Trinajstić information content (AvgIpc) is 1.96. The third-order valence-corrected chi connectivity index (χ3v) is 1.92. The summed E-state index contributed by atoms with van der Waals surface area (Å²) in [5.41, 5.74) is 5.00. The molecule has 12 heavy (non-hydrogen) atoms. The zero-order valence-electron chi connectivity index (χ0n) is 7.12. The lowest BCUT2D eigenvalue weighted by molar-refractivity contribution is -0.135. The number of rotatable bonds is 2. The highest BCUT2D eigenvalue weighted by molar-refractivity contribution is 5.80. The van der Waals surface area contributed by atoms with Gasteiger partial charge in [-0.3, -0.25) is 14.5 Å². The van der Waals surface area contributed by atoms with Gasteiger partial charge >= 0.3 is 0 Å². The van der Waals surface area contributed by atoms with Crippen molar-refractivity contribution in [2.45, 2.75) is 0 Å². The van der Waals surface area contributed by atoms with E-state index >= 15 is 0 Å². The zero-order valence-corrected chi connectivity index (χ0v) is 7.12. The Kier molecular flexibility index (Phi) is 2.65. The fourth-order valence-electron chi connectivity index (χ4n) is 1.16. The molecule has 68 valence electrons. The number of amides is 2. The van der Waals surface area contributed by atoms with E-state index in [0.717, 1.165) is 6.54 Å². The van der Waals surface area contributed by atoms with Crippen LogP contribution in [0.15, 0.2) is 0 Å². The van der Waals surface area contributed by atoms with Gasteiger partial charge in [-0.1, -0.05) is 0 Å². The quantitative estimate of drug-likeness (QED) is 0.535. The molecule has 0 radical (unpaired) electrons. The first-order valence-corrected chi connectivity index (χ1v) is 3.84. The van der Waals surface area contributed by atoms with Crippen LogP contribution in [-0.2, 0) is 9.59 Å². The van der Waals surface area contributed by atoms with Crippen LogP contribution in [0.25, 0.3) is 0 Å². The number of carbonyl (C=O) groups excluding carboxylic acids is 2. The van der Waals surface area contributed by atoms with Crippen molar-refractivity contribution in [1.29, 1.82) is 0 Å². The summed E-state index contributed by atoms with van der Waals surface area (Å²) in [6.07, 6.45) is 0. The molecule has 5 nitrogen and oxygen atoms in total. The van der Waals surface area contributed by atoms with Gasteiger partial charge in [0, 0.05) is 20.1 Å². The van der Waals surface area contributed by atoms with Gasteiger partial charge in [0.15, 0.2) is 0 Å². The second-order valence-electron chi connectivity index (χ2n) is 2.99. The van der Waals surface area contributed by atoms with Crippen molar-refractivity contribution in [2.24, 2.45) is 5.73 Å². The first kappa shape index (κ1) is 8.99. The number of primary amides is 1. The Morgan fingerprint density at radius 2 is 2.25 bits per heavy atom. The molecule has 0 atom stereocenters. The van der Waals surface area contributed by atoms with Crippen LogP contribution >= 0.6 is 0 Å². The van der Waals surface area contributed by atoms with E-state index in [4.69, 9.17) is 5.73 Å². The van der Waals surface area contributed by atoms with Gasteiger partial charge in [-0.25, -0.2) is 0 Å². The Morgan fingerprint density at radius 1 is 1.58 bits per heavy atom. The third kappa shape index (κ3) is 2.20. The molecule has 1 heterocycles. The summed E-state index contributed by atoms with van der Waals surface area (Å²) >= 11 is 0. The highest BCUT2D eigenvalue weighted by Gasteiger charge is 2.21. The fourth-order valence-corrected chi connectivity index (χ4v) is 1.16. The number of hydrogen-bond donors (Lipinski definition) is 1. The molecule has 1 saturated heterocycles. The minimum atomic E-state index is -0.382. The van der Waals surface area contributed by atoms with Crippen LogP contribution in [0, 0.1) is 0 Å². The number of nitrogens with two attached hydrogens (primary N) is 1. The maximum atomic E-state index is 11.1. The van der Waals surface area contributed by atoms with Gasteiger partial charge in [-0.2, -0.15) is 0 Å². The molecule has 0 aromatic carbocycles. The van der Waals surface area contributed by atoms with Gasteiger partial charge in [0.05, 0.1) is 13.1 Å². The molecule has 0 unspecified atom stereocenters. The van der Waals surface area contributed by atoms with E-state index in [1.165, 1.54) is 0 Å². The first-order chi connectivity index (χ1) is 5.59. The standard InChI is InChI=1S/C7H13N3O2/c1-9-2-3-10(4-6(8)11)5-7(9)12/h2-5H2,1H3,(H2,8,11). The Hall–Kier alpha value is -1.10. The predicted octanol–water partition coefficient (Wildman–Crippen LogP) is -1.75. The van der Waals surface area contributed by atoms with Crippen LogP contribution in [0.1, 0.15) is 0 Å². The lowest BCUT2D eigenvalue weighted by Crippen LogP contribution is -2.50. The highest BCUT2D eigenvalue weighted by Crippen LogP contribution is 1.99. The van der Waals surface area contributed by atoms with E-state index in [1.54, 1.807) is 16.8 Å². The molecule has 2 N–H and O–H groups in total. The van der Waals surface area contributed by atoms with E-state index in [9.17, 15) is 9.59 Å². The van der Waals surface area contributed by atoms with Crippen LogP contribution in [0.3, 0.4) is 0 Å². The Balaban J connectivity index is 2.40. The highest BCUT2D eigenvalue weighted by atomic mass is 16.2. The van der Waals surface area contributed by atoms with Gasteiger partial charge in [-0.05, 0) is 0 Å². The molecule has 0 saturated carbocycles. The Bertz CT molecular complexity index is 205. The SMILES string of the molecule is CN1CCN(CC(N)=O)CC1=O. The van der Waals surface area contributed by atoms with Gasteiger partial charge in [0.1, 0.15) is 0 Å². The Labute approximate surface area is 71.1 Å². The number of piperazine rings is 1. The van der Waals surface area contributed by atoms with Crippen molar-refractivity contribution in [3.8, 4) is 0 Å². The molecule has 1 rings (SSSR count). The van der Waals surface area contributed by atoms with Crippen molar-refractivity contribution in [3.63, 3.8) is 0 Å². The maximum Gasteiger partial charge on any atom is 0.236 e. The molecule has 0 spiro atoms. The summed E-state index contributed by atoms with van der Waals surface area (Å²) in [5, 5.41) is 0. The van der Waals surface area contributed by atoms with Crippen LogP contribution in [0.2, 0.25) is 0 Å². The third-order valence-electron chi connectivity index (χ3n) is 1.92. The van der Waals surface area contributed by atoms with Crippen LogP contribution in [0.4, 0.5) is 0 Å². The number of nitrogens with zero attached hydrogens (tertiary/aromatic N) is 2. The minimum absolute atomic E-state index is 0.0440. The van der Waals surface area contributed by atoms with E-state index < -0.39 is 0 Å². The van der Waals surface area contributed by atoms with Crippen LogP contribution in [0.5, 0.6) is 0 Å². The Morgan fingerprint density at radius 3 is 2.75 bits per heavy atom. The summed E-state index contributed by atoms with van der Waals surface area (Å²) < 4.78 is 0. The summed E-state index contributed by atoms with van der Waals surface area (Å²) in [6.45, 7) is 1.89. The van der Waals surface area contributed by atoms with E-state index in [-0.39, 0.29) is 18.4 Å². The van der Waals surface area contributed by atoms with Crippen molar-refractivity contribution < 1.29 is 9.59 Å². The summed E-state index contributed by atoms with van der Waals surface area (Å²) in [4.78, 5) is 25.0. The number of likely N-dealkylation sites (N-methyl/N-ethyl adjacent to an activating group) is 1. The van der Waals surface area contributed by atoms with Gasteiger partial charge in [0.2, 0.25) is 11.8 Å². The number of carbonyl (C=O) groups is 2. The molecule has 0 aromatic heterocycles. The van der Waals surface area contributed by atoms with Gasteiger partial charge in [0.25, 0.3) is 0 Å². The molecule has 1 aliphatic heterocycles. The van der Waals surface area contributed by atoms with Crippen molar-refractivity contribution in [3.05, 3.63) is 0 Å². The topological polar surface area (TPSA) is 66.6 Å². The zero-order chi connectivity index (χ0) is 9.14. The molecule has 1 aliphatic rings. The molecular weight excluding hydrogens is 158 g/mol. The lowest BCUT2D eigenvalue weighted by Gasteiger charge is -2.30. The number of hydrogen-bond acceptors (Lipinski definition) is 3. The molecule has 0 aliphatic carbocycles. The van der Waals surface area contributed by atoms with Gasteiger partial charge in [-0.15, -0.1) is 0 Å². The predicted molar refractivity (Wildman–Crippen MR) is 43.3 cm³/mol. The largest absolute Gasteiger partial charge is 0.369 e. The van der Waals surface area contributed by atoms with Crippen molar-refractivity contribution >= 4 is 11.8 Å². The van der Waals surface area contributed by atoms with Crippen molar-refractivity contribution in [1.82, 2.24) is 9.80 Å². The van der Waals surface area contributed by atoms with Crippen LogP contribution < -0.4 is 5.73 Å². The molecule has 5 heteroatoms. The molecule has 1 fully saturated rings. The second-order valence-corrected chi connectivity index (χ2v) is 2.99. The van der Waals surface area contributed by atoms with E-state index in [0.29, 0.717) is 13.1 Å². The van der Waals surface area contributed by atoms with E-state index in [2.05, 4.69) is 0 Å².